The third-order valence-corrected chi connectivity index (χ3v) is 3.46. The molecule has 2 aromatic carbocycles. The zero-order valence-corrected chi connectivity index (χ0v) is 12.7. The Morgan fingerprint density at radius 1 is 1.00 bits per heavy atom. The molecule has 1 aliphatic heterocycles. The number of aryl methyl sites for hydroxylation is 1. The minimum Gasteiger partial charge on any atom is -0.488 e. The van der Waals surface area contributed by atoms with E-state index in [9.17, 15) is 0 Å². The van der Waals surface area contributed by atoms with Crippen molar-refractivity contribution in [1.82, 2.24) is 0 Å². The highest BCUT2D eigenvalue weighted by Gasteiger charge is 2.17. The summed E-state index contributed by atoms with van der Waals surface area (Å²) in [7, 11) is 0. The number of hydrogen-bond donors (Lipinski definition) is 0. The van der Waals surface area contributed by atoms with Crippen molar-refractivity contribution in [3.05, 3.63) is 54.1 Å². The molecular weight excluding hydrogens is 280 g/mol. The van der Waals surface area contributed by atoms with Gasteiger partial charge in [0, 0.05) is 0 Å². The highest BCUT2D eigenvalue weighted by Crippen LogP contribution is 2.28. The van der Waals surface area contributed by atoms with E-state index in [1.807, 2.05) is 48.5 Å². The van der Waals surface area contributed by atoms with Gasteiger partial charge >= 0.3 is 0 Å². The summed E-state index contributed by atoms with van der Waals surface area (Å²) in [6.07, 6.45) is 0.609. The minimum absolute atomic E-state index is 0.259. The first-order chi connectivity index (χ1) is 10.8. The first kappa shape index (κ1) is 14.9. The van der Waals surface area contributed by atoms with Gasteiger partial charge in [0.2, 0.25) is 0 Å². The van der Waals surface area contributed by atoms with Gasteiger partial charge in [0.05, 0.1) is 13.2 Å². The van der Waals surface area contributed by atoms with Crippen LogP contribution in [0.3, 0.4) is 0 Å². The molecule has 0 saturated carbocycles. The SMILES string of the molecule is CCc1cc(Oc2ccccc2)ccc1OCC1OCCO1. The molecule has 0 N–H and O–H groups in total. The van der Waals surface area contributed by atoms with Crippen molar-refractivity contribution in [2.45, 2.75) is 19.6 Å². The third kappa shape index (κ3) is 3.78. The first-order valence-electron chi connectivity index (χ1n) is 7.57. The van der Waals surface area contributed by atoms with Gasteiger partial charge < -0.3 is 18.9 Å². The van der Waals surface area contributed by atoms with E-state index in [1.165, 1.54) is 0 Å². The zero-order valence-electron chi connectivity index (χ0n) is 12.7. The molecule has 1 saturated heterocycles. The lowest BCUT2D eigenvalue weighted by molar-refractivity contribution is -0.0685. The van der Waals surface area contributed by atoms with Gasteiger partial charge in [0.1, 0.15) is 23.9 Å². The smallest absolute Gasteiger partial charge is 0.191 e. The Morgan fingerprint density at radius 2 is 1.77 bits per heavy atom. The van der Waals surface area contributed by atoms with Gasteiger partial charge in [-0.05, 0) is 42.3 Å². The Balaban J connectivity index is 1.67. The highest BCUT2D eigenvalue weighted by molar-refractivity contribution is 5.42. The number of para-hydroxylation sites is 1. The van der Waals surface area contributed by atoms with E-state index in [1.54, 1.807) is 0 Å². The molecule has 0 amide bonds. The quantitative estimate of drug-likeness (QED) is 0.813. The zero-order chi connectivity index (χ0) is 15.2. The van der Waals surface area contributed by atoms with Gasteiger partial charge in [0.25, 0.3) is 0 Å². The molecule has 22 heavy (non-hydrogen) atoms. The van der Waals surface area contributed by atoms with Gasteiger partial charge in [-0.15, -0.1) is 0 Å². The molecule has 2 aromatic rings. The average molecular weight is 300 g/mol. The molecule has 0 aromatic heterocycles. The fourth-order valence-corrected chi connectivity index (χ4v) is 2.32. The first-order valence-corrected chi connectivity index (χ1v) is 7.57. The van der Waals surface area contributed by atoms with E-state index in [-0.39, 0.29) is 6.29 Å². The van der Waals surface area contributed by atoms with Gasteiger partial charge in [-0.3, -0.25) is 0 Å². The molecule has 116 valence electrons. The van der Waals surface area contributed by atoms with Crippen LogP contribution in [0.5, 0.6) is 17.2 Å². The highest BCUT2D eigenvalue weighted by atomic mass is 16.7. The second-order valence-electron chi connectivity index (χ2n) is 5.02. The molecule has 0 atom stereocenters. The second-order valence-corrected chi connectivity index (χ2v) is 5.02. The van der Waals surface area contributed by atoms with E-state index < -0.39 is 0 Å². The molecule has 0 unspecified atom stereocenters. The van der Waals surface area contributed by atoms with Crippen LogP contribution in [-0.2, 0) is 15.9 Å². The molecule has 1 fully saturated rings. The van der Waals surface area contributed by atoms with Crippen molar-refractivity contribution in [2.24, 2.45) is 0 Å². The van der Waals surface area contributed by atoms with Gasteiger partial charge in [-0.1, -0.05) is 25.1 Å². The molecule has 3 rings (SSSR count). The molecule has 0 spiro atoms. The predicted molar refractivity (Wildman–Crippen MR) is 83.5 cm³/mol. The summed E-state index contributed by atoms with van der Waals surface area (Å²) < 4.78 is 22.4. The Kier molecular flexibility index (Phi) is 4.93. The van der Waals surface area contributed by atoms with Crippen molar-refractivity contribution in [2.75, 3.05) is 19.8 Å². The minimum atomic E-state index is -0.259. The van der Waals surface area contributed by atoms with Gasteiger partial charge in [-0.25, -0.2) is 0 Å². The third-order valence-electron chi connectivity index (χ3n) is 3.46. The van der Waals surface area contributed by atoms with Crippen LogP contribution in [0.25, 0.3) is 0 Å². The fraction of sp³-hybridized carbons (Fsp3) is 0.333. The van der Waals surface area contributed by atoms with E-state index >= 15 is 0 Å². The molecule has 0 bridgehead atoms. The van der Waals surface area contributed by atoms with Gasteiger partial charge in [-0.2, -0.15) is 0 Å². The second kappa shape index (κ2) is 7.29. The largest absolute Gasteiger partial charge is 0.488 e. The van der Waals surface area contributed by atoms with Crippen LogP contribution in [0, 0.1) is 0 Å². The molecular formula is C18H20O4. The summed E-state index contributed by atoms with van der Waals surface area (Å²) in [5.41, 5.74) is 1.10. The lowest BCUT2D eigenvalue weighted by Crippen LogP contribution is -2.18. The Bertz CT molecular complexity index is 591. The maximum absolute atomic E-state index is 5.85. The maximum Gasteiger partial charge on any atom is 0.191 e. The number of ether oxygens (including phenoxy) is 4. The predicted octanol–water partition coefficient (Wildman–Crippen LogP) is 3.79. The normalized spacial score (nSPS) is 15.0. The topological polar surface area (TPSA) is 36.9 Å². The van der Waals surface area contributed by atoms with Crippen LogP contribution < -0.4 is 9.47 Å². The number of rotatable bonds is 6. The summed E-state index contributed by atoms with van der Waals surface area (Å²) >= 11 is 0. The fourth-order valence-electron chi connectivity index (χ4n) is 2.32. The summed E-state index contributed by atoms with van der Waals surface area (Å²) in [5.74, 6) is 2.48. The molecule has 0 aliphatic carbocycles. The maximum atomic E-state index is 5.85. The van der Waals surface area contributed by atoms with E-state index in [0.29, 0.717) is 19.8 Å². The monoisotopic (exact) mass is 300 g/mol. The summed E-state index contributed by atoms with van der Waals surface area (Å²) in [5, 5.41) is 0. The summed E-state index contributed by atoms with van der Waals surface area (Å²) in [6, 6.07) is 15.6. The van der Waals surface area contributed by atoms with Crippen LogP contribution in [0.2, 0.25) is 0 Å². The average Bonchev–Trinajstić information content (AvgIpc) is 3.08. The Hall–Kier alpha value is -2.04. The van der Waals surface area contributed by atoms with Crippen molar-refractivity contribution in [3.8, 4) is 17.2 Å². The Labute approximate surface area is 130 Å². The van der Waals surface area contributed by atoms with Crippen LogP contribution in [0.15, 0.2) is 48.5 Å². The van der Waals surface area contributed by atoms with Crippen molar-refractivity contribution in [1.29, 1.82) is 0 Å². The number of hydrogen-bond acceptors (Lipinski definition) is 4. The van der Waals surface area contributed by atoms with Crippen LogP contribution >= 0.6 is 0 Å². The molecule has 1 heterocycles. The number of benzene rings is 2. The summed E-state index contributed by atoms with van der Waals surface area (Å²) in [4.78, 5) is 0. The van der Waals surface area contributed by atoms with E-state index in [0.717, 1.165) is 29.2 Å². The summed E-state index contributed by atoms with van der Waals surface area (Å²) in [6.45, 7) is 3.78. The molecule has 4 nitrogen and oxygen atoms in total. The van der Waals surface area contributed by atoms with Crippen molar-refractivity contribution in [3.63, 3.8) is 0 Å². The molecule has 1 aliphatic rings. The van der Waals surface area contributed by atoms with E-state index in [4.69, 9.17) is 18.9 Å². The van der Waals surface area contributed by atoms with Gasteiger partial charge in [0.15, 0.2) is 6.29 Å². The van der Waals surface area contributed by atoms with Crippen LogP contribution in [-0.4, -0.2) is 26.1 Å². The van der Waals surface area contributed by atoms with Crippen LogP contribution in [0.4, 0.5) is 0 Å². The Morgan fingerprint density at radius 3 is 2.50 bits per heavy atom. The standard InChI is InChI=1S/C18H20O4/c1-2-14-12-16(22-15-6-4-3-5-7-15)8-9-17(14)21-13-18-19-10-11-20-18/h3-9,12,18H,2,10-11,13H2,1H3. The van der Waals surface area contributed by atoms with Crippen LogP contribution in [0.1, 0.15) is 12.5 Å². The van der Waals surface area contributed by atoms with Crippen molar-refractivity contribution < 1.29 is 18.9 Å². The van der Waals surface area contributed by atoms with E-state index in [2.05, 4.69) is 6.92 Å². The molecule has 4 heteroatoms. The van der Waals surface area contributed by atoms with Crippen molar-refractivity contribution >= 4 is 0 Å². The lowest BCUT2D eigenvalue weighted by atomic mass is 10.1. The lowest BCUT2D eigenvalue weighted by Gasteiger charge is -2.15. The molecule has 0 radical (unpaired) electrons.